The maximum Gasteiger partial charge on any atom is 0.264 e. The number of benzene rings is 3. The largest absolute Gasteiger partial charge is 0.495 e. The Morgan fingerprint density at radius 2 is 1.58 bits per heavy atom. The molecule has 0 atom stereocenters. The van der Waals surface area contributed by atoms with Crippen LogP contribution < -0.4 is 19.7 Å². The van der Waals surface area contributed by atoms with Gasteiger partial charge in [0.05, 0.1) is 28.9 Å². The normalized spacial score (nSPS) is 13.9. The summed E-state index contributed by atoms with van der Waals surface area (Å²) in [6.45, 7) is 1.35. The number of rotatable bonds is 9. The van der Waals surface area contributed by atoms with E-state index in [1.165, 1.54) is 25.7 Å². The quantitative estimate of drug-likeness (QED) is 0.406. The second kappa shape index (κ2) is 12.1. The van der Waals surface area contributed by atoms with Crippen LogP contribution in [0.4, 0.5) is 11.4 Å². The molecule has 0 aromatic heterocycles. The van der Waals surface area contributed by atoms with Gasteiger partial charge in [-0.1, -0.05) is 61.2 Å². The third-order valence-electron chi connectivity index (χ3n) is 6.64. The lowest BCUT2D eigenvalue weighted by atomic mass is 9.95. The molecule has 8 nitrogen and oxygen atoms in total. The summed E-state index contributed by atoms with van der Waals surface area (Å²) in [5.41, 5.74) is 1.79. The number of aryl methyl sites for hydroxylation is 1. The zero-order valence-electron chi connectivity index (χ0n) is 21.6. The van der Waals surface area contributed by atoms with E-state index in [0.29, 0.717) is 17.0 Å². The molecule has 200 valence electrons. The number of hydrogen-bond donors (Lipinski definition) is 2. The van der Waals surface area contributed by atoms with Crippen molar-refractivity contribution in [3.05, 3.63) is 83.9 Å². The molecule has 0 heterocycles. The van der Waals surface area contributed by atoms with Crippen molar-refractivity contribution in [1.29, 1.82) is 0 Å². The fourth-order valence-electron chi connectivity index (χ4n) is 4.59. The van der Waals surface area contributed by atoms with Crippen LogP contribution in [-0.2, 0) is 14.8 Å². The van der Waals surface area contributed by atoms with E-state index < -0.39 is 22.5 Å². The molecule has 0 spiro atoms. The summed E-state index contributed by atoms with van der Waals surface area (Å²) >= 11 is 0. The third-order valence-corrected chi connectivity index (χ3v) is 8.41. The van der Waals surface area contributed by atoms with E-state index in [1.807, 2.05) is 6.92 Å². The van der Waals surface area contributed by atoms with Crippen molar-refractivity contribution >= 4 is 33.2 Å². The highest BCUT2D eigenvalue weighted by Gasteiger charge is 2.30. The molecule has 9 heteroatoms. The summed E-state index contributed by atoms with van der Waals surface area (Å²) in [6, 6.07) is 19.9. The smallest absolute Gasteiger partial charge is 0.264 e. The highest BCUT2D eigenvalue weighted by atomic mass is 32.2. The first-order chi connectivity index (χ1) is 18.3. The second-order valence-corrected chi connectivity index (χ2v) is 11.3. The van der Waals surface area contributed by atoms with Gasteiger partial charge in [-0.05, 0) is 56.2 Å². The van der Waals surface area contributed by atoms with Crippen LogP contribution in [-0.4, -0.2) is 39.9 Å². The van der Waals surface area contributed by atoms with Gasteiger partial charge < -0.3 is 15.4 Å². The van der Waals surface area contributed by atoms with Gasteiger partial charge >= 0.3 is 0 Å². The van der Waals surface area contributed by atoms with E-state index in [4.69, 9.17) is 4.74 Å². The van der Waals surface area contributed by atoms with E-state index in [0.717, 1.165) is 35.6 Å². The van der Waals surface area contributed by atoms with E-state index in [2.05, 4.69) is 10.6 Å². The fraction of sp³-hybridized carbons (Fsp3) is 0.310. The summed E-state index contributed by atoms with van der Waals surface area (Å²) in [5.74, 6) is -0.547. The Morgan fingerprint density at radius 1 is 0.921 bits per heavy atom. The van der Waals surface area contributed by atoms with Gasteiger partial charge in [-0.2, -0.15) is 0 Å². The van der Waals surface area contributed by atoms with Crippen molar-refractivity contribution in [2.24, 2.45) is 0 Å². The molecule has 3 aromatic rings. The van der Waals surface area contributed by atoms with Crippen LogP contribution in [0.2, 0.25) is 0 Å². The molecule has 0 unspecified atom stereocenters. The van der Waals surface area contributed by atoms with Crippen molar-refractivity contribution in [1.82, 2.24) is 5.32 Å². The summed E-state index contributed by atoms with van der Waals surface area (Å²) in [7, 11) is -2.68. The number of para-hydroxylation sites is 3. The van der Waals surface area contributed by atoms with Gasteiger partial charge in [-0.3, -0.25) is 13.9 Å². The van der Waals surface area contributed by atoms with E-state index >= 15 is 0 Å². The average Bonchev–Trinajstić information content (AvgIpc) is 2.92. The number of sulfonamides is 1. The Labute approximate surface area is 224 Å². The van der Waals surface area contributed by atoms with E-state index in [-0.39, 0.29) is 22.5 Å². The minimum atomic E-state index is -4.12. The topological polar surface area (TPSA) is 105 Å². The molecular weight excluding hydrogens is 502 g/mol. The lowest BCUT2D eigenvalue weighted by Gasteiger charge is -2.26. The molecule has 2 N–H and O–H groups in total. The summed E-state index contributed by atoms with van der Waals surface area (Å²) in [5, 5.41) is 5.82. The maximum absolute atomic E-state index is 13.7. The average molecular weight is 536 g/mol. The fourth-order valence-corrected chi connectivity index (χ4v) is 6.02. The van der Waals surface area contributed by atoms with Crippen LogP contribution >= 0.6 is 0 Å². The molecule has 1 aliphatic carbocycles. The SMILES string of the molecule is COc1ccccc1N(CC(=O)Nc1ccccc1C(=O)NC1CCCCC1)S(=O)(=O)c1ccc(C)cc1. The first-order valence-corrected chi connectivity index (χ1v) is 14.2. The van der Waals surface area contributed by atoms with Crippen LogP contribution in [0.3, 0.4) is 0 Å². The summed E-state index contributed by atoms with van der Waals surface area (Å²) in [4.78, 5) is 26.4. The molecule has 3 aromatic carbocycles. The molecule has 1 fully saturated rings. The Kier molecular flexibility index (Phi) is 8.68. The number of carbonyl (C=O) groups excluding carboxylic acids is 2. The number of nitrogens with zero attached hydrogens (tertiary/aromatic N) is 1. The van der Waals surface area contributed by atoms with Crippen molar-refractivity contribution in [2.45, 2.75) is 50.0 Å². The highest BCUT2D eigenvalue weighted by molar-refractivity contribution is 7.92. The van der Waals surface area contributed by atoms with Gasteiger partial charge in [0, 0.05) is 6.04 Å². The minimum absolute atomic E-state index is 0.0501. The van der Waals surface area contributed by atoms with Crippen LogP contribution in [0.15, 0.2) is 77.7 Å². The number of anilines is 2. The number of methoxy groups -OCH3 is 1. The lowest BCUT2D eigenvalue weighted by molar-refractivity contribution is -0.114. The van der Waals surface area contributed by atoms with Gasteiger partial charge in [0.1, 0.15) is 12.3 Å². The minimum Gasteiger partial charge on any atom is -0.495 e. The Hall–Kier alpha value is -3.85. The van der Waals surface area contributed by atoms with Crippen LogP contribution in [0.25, 0.3) is 0 Å². The maximum atomic E-state index is 13.7. The second-order valence-electron chi connectivity index (χ2n) is 9.40. The van der Waals surface area contributed by atoms with Crippen molar-refractivity contribution in [2.75, 3.05) is 23.3 Å². The number of amides is 2. The van der Waals surface area contributed by atoms with Crippen molar-refractivity contribution < 1.29 is 22.7 Å². The first-order valence-electron chi connectivity index (χ1n) is 12.7. The lowest BCUT2D eigenvalue weighted by Crippen LogP contribution is -2.39. The molecule has 38 heavy (non-hydrogen) atoms. The van der Waals surface area contributed by atoms with Crippen LogP contribution in [0, 0.1) is 6.92 Å². The summed E-state index contributed by atoms with van der Waals surface area (Å²) in [6.07, 6.45) is 5.21. The van der Waals surface area contributed by atoms with Gasteiger partial charge in [-0.25, -0.2) is 8.42 Å². The molecular formula is C29H33N3O5S. The molecule has 4 rings (SSSR count). The monoisotopic (exact) mass is 535 g/mol. The van der Waals surface area contributed by atoms with E-state index in [9.17, 15) is 18.0 Å². The van der Waals surface area contributed by atoms with Crippen molar-refractivity contribution in [3.63, 3.8) is 0 Å². The predicted molar refractivity (Wildman–Crippen MR) is 148 cm³/mol. The van der Waals surface area contributed by atoms with Crippen LogP contribution in [0.5, 0.6) is 5.75 Å². The molecule has 1 aliphatic rings. The number of hydrogen-bond acceptors (Lipinski definition) is 5. The molecule has 0 aliphatic heterocycles. The predicted octanol–water partition coefficient (Wildman–Crippen LogP) is 4.90. The highest BCUT2D eigenvalue weighted by Crippen LogP contribution is 2.32. The number of carbonyl (C=O) groups is 2. The van der Waals surface area contributed by atoms with E-state index in [1.54, 1.807) is 60.7 Å². The standard InChI is InChI=1S/C29H33N3O5S/c1-21-16-18-23(19-17-21)38(35,36)32(26-14-8-9-15-27(26)37-2)20-28(33)31-25-13-7-6-12-24(25)29(34)30-22-10-4-3-5-11-22/h6-9,12-19,22H,3-5,10-11,20H2,1-2H3,(H,30,34)(H,31,33). The van der Waals surface area contributed by atoms with Gasteiger partial charge in [-0.15, -0.1) is 0 Å². The van der Waals surface area contributed by atoms with Crippen LogP contribution in [0.1, 0.15) is 48.0 Å². The molecule has 1 saturated carbocycles. The molecule has 2 amide bonds. The molecule has 0 bridgehead atoms. The zero-order valence-corrected chi connectivity index (χ0v) is 22.5. The van der Waals surface area contributed by atoms with Gasteiger partial charge in [0.2, 0.25) is 5.91 Å². The van der Waals surface area contributed by atoms with Gasteiger partial charge in [0.15, 0.2) is 0 Å². The first kappa shape index (κ1) is 27.2. The zero-order chi connectivity index (χ0) is 27.1. The van der Waals surface area contributed by atoms with Gasteiger partial charge in [0.25, 0.3) is 15.9 Å². The Balaban J connectivity index is 1.60. The molecule has 0 radical (unpaired) electrons. The molecule has 0 saturated heterocycles. The Bertz CT molecular complexity index is 1380. The van der Waals surface area contributed by atoms with Crippen molar-refractivity contribution in [3.8, 4) is 5.75 Å². The Morgan fingerprint density at radius 3 is 2.29 bits per heavy atom. The summed E-state index contributed by atoms with van der Waals surface area (Å²) < 4.78 is 33.9. The number of ether oxygens (including phenoxy) is 1. The number of nitrogens with one attached hydrogen (secondary N) is 2. The third kappa shape index (κ3) is 6.34.